The number of benzene rings is 1. The van der Waals surface area contributed by atoms with Gasteiger partial charge in [0.25, 0.3) is 0 Å². The Morgan fingerprint density at radius 3 is 2.26 bits per heavy atom. The highest BCUT2D eigenvalue weighted by molar-refractivity contribution is 5.51. The first kappa shape index (κ1) is 13.2. The van der Waals surface area contributed by atoms with Crippen LogP contribution in [0.25, 0.3) is 0 Å². The van der Waals surface area contributed by atoms with Crippen molar-refractivity contribution in [2.75, 3.05) is 19.0 Å². The molecule has 100 valence electrons. The summed E-state index contributed by atoms with van der Waals surface area (Å²) in [6, 6.07) is 7.93. The largest absolute Gasteiger partial charge is 0.403 e. The third kappa shape index (κ3) is 2.78. The average Bonchev–Trinajstić information content (AvgIpc) is 2.62. The first-order valence-corrected chi connectivity index (χ1v) is 6.08. The second-order valence-corrected chi connectivity index (χ2v) is 4.64. The van der Waals surface area contributed by atoms with Gasteiger partial charge < -0.3 is 4.90 Å². The van der Waals surface area contributed by atoms with Crippen LogP contribution in [-0.2, 0) is 14.1 Å². The molecule has 0 aliphatic carbocycles. The summed E-state index contributed by atoms with van der Waals surface area (Å²) in [6.45, 7) is 1.94. The van der Waals surface area contributed by atoms with Crippen molar-refractivity contribution in [3.05, 3.63) is 30.1 Å². The van der Waals surface area contributed by atoms with E-state index in [0.29, 0.717) is 5.95 Å². The van der Waals surface area contributed by atoms with Crippen molar-refractivity contribution in [2.45, 2.75) is 6.92 Å². The topological polar surface area (TPSA) is 49.7 Å². The van der Waals surface area contributed by atoms with Crippen LogP contribution in [0.2, 0.25) is 0 Å². The van der Waals surface area contributed by atoms with Gasteiger partial charge in [-0.3, -0.25) is 0 Å². The highest BCUT2D eigenvalue weighted by atomic mass is 15.4. The predicted octanol–water partition coefficient (Wildman–Crippen LogP) is 2.03. The normalized spacial score (nSPS) is 11.2. The summed E-state index contributed by atoms with van der Waals surface area (Å²) in [5.41, 5.74) is 1.96. The monoisotopic (exact) mass is 259 g/mol. The predicted molar refractivity (Wildman–Crippen MR) is 74.1 cm³/mol. The van der Waals surface area contributed by atoms with E-state index in [1.165, 1.54) is 0 Å². The van der Waals surface area contributed by atoms with Gasteiger partial charge in [0.05, 0.1) is 19.8 Å². The molecule has 19 heavy (non-hydrogen) atoms. The van der Waals surface area contributed by atoms with E-state index >= 15 is 0 Å². The fraction of sp³-hybridized carbons (Fsp3) is 0.385. The number of hydrogen-bond donors (Lipinski definition) is 0. The molecule has 1 aromatic carbocycles. The molecule has 0 saturated heterocycles. The molecule has 0 aliphatic heterocycles. The molecule has 0 fully saturated rings. The second-order valence-electron chi connectivity index (χ2n) is 4.64. The lowest BCUT2D eigenvalue weighted by Gasteiger charge is -2.11. The Morgan fingerprint density at radius 2 is 1.79 bits per heavy atom. The zero-order valence-electron chi connectivity index (χ0n) is 12.0. The zero-order valence-corrected chi connectivity index (χ0v) is 12.0. The Kier molecular flexibility index (Phi) is 3.59. The quantitative estimate of drug-likeness (QED) is 0.625. The molecule has 0 N–H and O–H groups in total. The molecule has 0 spiro atoms. The third-order valence-corrected chi connectivity index (χ3v) is 2.99. The van der Waals surface area contributed by atoms with E-state index in [2.05, 4.69) is 15.3 Å². The van der Waals surface area contributed by atoms with Gasteiger partial charge in [-0.05, 0) is 29.4 Å². The van der Waals surface area contributed by atoms with Crippen LogP contribution in [0, 0.1) is 6.92 Å². The molecule has 0 amide bonds. The molecule has 2 rings (SSSR count). The first-order chi connectivity index (χ1) is 8.99. The Bertz CT molecular complexity index is 594. The summed E-state index contributed by atoms with van der Waals surface area (Å²) in [5.74, 6) is 1.62. The SMILES string of the molecule is Cc1nn(C)c(N=Nc2ccc(N(C)C)cc2)[n+]1C. The second kappa shape index (κ2) is 5.17. The average molecular weight is 259 g/mol. The van der Waals surface area contributed by atoms with Gasteiger partial charge >= 0.3 is 5.95 Å². The first-order valence-electron chi connectivity index (χ1n) is 6.08. The molecule has 0 bridgehead atoms. The van der Waals surface area contributed by atoms with Crippen LogP contribution in [0.1, 0.15) is 5.82 Å². The lowest BCUT2D eigenvalue weighted by molar-refractivity contribution is -0.665. The van der Waals surface area contributed by atoms with Crippen molar-refractivity contribution < 1.29 is 4.57 Å². The third-order valence-electron chi connectivity index (χ3n) is 2.99. The van der Waals surface area contributed by atoms with Gasteiger partial charge in [-0.25, -0.2) is 4.57 Å². The van der Waals surface area contributed by atoms with Gasteiger partial charge in [0.2, 0.25) is 5.82 Å². The minimum absolute atomic E-state index is 0.717. The minimum Gasteiger partial charge on any atom is -0.378 e. The number of nitrogens with zero attached hydrogens (tertiary/aromatic N) is 6. The van der Waals surface area contributed by atoms with Gasteiger partial charge in [0.1, 0.15) is 0 Å². The van der Waals surface area contributed by atoms with Gasteiger partial charge in [-0.1, -0.05) is 5.11 Å². The van der Waals surface area contributed by atoms with E-state index in [9.17, 15) is 0 Å². The molecule has 0 aliphatic rings. The fourth-order valence-electron chi connectivity index (χ4n) is 1.74. The summed E-state index contributed by atoms with van der Waals surface area (Å²) in [7, 11) is 7.80. The molecular weight excluding hydrogens is 240 g/mol. The van der Waals surface area contributed by atoms with Crippen molar-refractivity contribution in [2.24, 2.45) is 24.3 Å². The maximum Gasteiger partial charge on any atom is 0.403 e. The molecule has 1 heterocycles. The summed E-state index contributed by atoms with van der Waals surface area (Å²) in [4.78, 5) is 2.05. The molecule has 2 aromatic rings. The molecule has 0 atom stereocenters. The number of hydrogen-bond acceptors (Lipinski definition) is 4. The maximum atomic E-state index is 4.28. The van der Waals surface area contributed by atoms with Gasteiger partial charge in [-0.15, -0.1) is 4.68 Å². The van der Waals surface area contributed by atoms with E-state index in [1.807, 2.05) is 68.8 Å². The Labute approximate surface area is 113 Å². The van der Waals surface area contributed by atoms with Crippen molar-refractivity contribution >= 4 is 17.3 Å². The van der Waals surface area contributed by atoms with Crippen molar-refractivity contribution in [3.8, 4) is 0 Å². The smallest absolute Gasteiger partial charge is 0.378 e. The van der Waals surface area contributed by atoms with E-state index in [-0.39, 0.29) is 0 Å². The minimum atomic E-state index is 0.717. The standard InChI is InChI=1S/C13H19N6/c1-10-16-19(5)13(18(10)4)15-14-11-6-8-12(9-7-11)17(2)3/h6-9H,1-5H3/q+1. The Balaban J connectivity index is 2.23. The van der Waals surface area contributed by atoms with Gasteiger partial charge in [-0.2, -0.15) is 0 Å². The zero-order chi connectivity index (χ0) is 14.0. The number of anilines is 1. The lowest BCUT2D eigenvalue weighted by Crippen LogP contribution is -2.29. The fourth-order valence-corrected chi connectivity index (χ4v) is 1.74. The van der Waals surface area contributed by atoms with Crippen LogP contribution in [0.3, 0.4) is 0 Å². The van der Waals surface area contributed by atoms with Crippen LogP contribution >= 0.6 is 0 Å². The number of azo groups is 1. The molecule has 1 aromatic heterocycles. The molecule has 0 unspecified atom stereocenters. The van der Waals surface area contributed by atoms with Crippen LogP contribution in [0.5, 0.6) is 0 Å². The Morgan fingerprint density at radius 1 is 1.16 bits per heavy atom. The molecule has 0 radical (unpaired) electrons. The summed E-state index contributed by atoms with van der Waals surface area (Å²) >= 11 is 0. The van der Waals surface area contributed by atoms with Crippen molar-refractivity contribution in [1.29, 1.82) is 0 Å². The highest BCUT2D eigenvalue weighted by Crippen LogP contribution is 2.19. The van der Waals surface area contributed by atoms with Crippen LogP contribution in [0.15, 0.2) is 34.5 Å². The van der Waals surface area contributed by atoms with E-state index in [4.69, 9.17) is 0 Å². The molecule has 6 heteroatoms. The van der Waals surface area contributed by atoms with Gasteiger partial charge in [0.15, 0.2) is 0 Å². The van der Waals surface area contributed by atoms with E-state index < -0.39 is 0 Å². The molecule has 6 nitrogen and oxygen atoms in total. The van der Waals surface area contributed by atoms with Crippen molar-refractivity contribution in [1.82, 2.24) is 9.78 Å². The maximum absolute atomic E-state index is 4.28. The number of aromatic nitrogens is 3. The number of aryl methyl sites for hydroxylation is 2. The van der Waals surface area contributed by atoms with Crippen LogP contribution in [0.4, 0.5) is 17.3 Å². The van der Waals surface area contributed by atoms with Crippen molar-refractivity contribution in [3.63, 3.8) is 0 Å². The number of rotatable bonds is 3. The highest BCUT2D eigenvalue weighted by Gasteiger charge is 2.16. The van der Waals surface area contributed by atoms with Crippen LogP contribution in [-0.4, -0.2) is 23.9 Å². The summed E-state index contributed by atoms with van der Waals surface area (Å²) in [5, 5.41) is 12.8. The molecular formula is C13H19N6+. The Hall–Kier alpha value is -2.24. The van der Waals surface area contributed by atoms with E-state index in [1.54, 1.807) is 4.68 Å². The van der Waals surface area contributed by atoms with E-state index in [0.717, 1.165) is 17.2 Å². The summed E-state index contributed by atoms with van der Waals surface area (Å²) in [6.07, 6.45) is 0. The summed E-state index contributed by atoms with van der Waals surface area (Å²) < 4.78 is 3.62. The van der Waals surface area contributed by atoms with Gasteiger partial charge in [0, 0.05) is 31.8 Å². The van der Waals surface area contributed by atoms with Crippen LogP contribution < -0.4 is 9.47 Å². The molecule has 0 saturated carbocycles. The lowest BCUT2D eigenvalue weighted by atomic mass is 10.3.